The second kappa shape index (κ2) is 9.54. The maximum atomic E-state index is 13.3. The van der Waals surface area contributed by atoms with Gasteiger partial charge in [-0.2, -0.15) is 17.5 Å². The van der Waals surface area contributed by atoms with Gasteiger partial charge in [0.1, 0.15) is 23.4 Å². The van der Waals surface area contributed by atoms with Gasteiger partial charge >= 0.3 is 6.18 Å². The molecule has 4 rings (SSSR count). The van der Waals surface area contributed by atoms with E-state index in [-0.39, 0.29) is 25.8 Å². The summed E-state index contributed by atoms with van der Waals surface area (Å²) in [5.41, 5.74) is -1.40. The number of halogens is 4. The van der Waals surface area contributed by atoms with E-state index in [4.69, 9.17) is 0 Å². The molecule has 2 aromatic heterocycles. The summed E-state index contributed by atoms with van der Waals surface area (Å²) in [5.74, 6) is -1.12. The molecule has 36 heavy (non-hydrogen) atoms. The Kier molecular flexibility index (Phi) is 6.80. The molecule has 0 bridgehead atoms. The summed E-state index contributed by atoms with van der Waals surface area (Å²) < 4.78 is 78.9. The molecule has 0 spiro atoms. The highest BCUT2D eigenvalue weighted by Crippen LogP contribution is 2.35. The van der Waals surface area contributed by atoms with E-state index in [0.717, 1.165) is 40.8 Å². The highest BCUT2D eigenvalue weighted by atomic mass is 32.2. The van der Waals surface area contributed by atoms with Crippen LogP contribution in [-0.4, -0.2) is 45.7 Å². The first-order valence-electron chi connectivity index (χ1n) is 10.8. The molecule has 0 saturated carbocycles. The van der Waals surface area contributed by atoms with Crippen molar-refractivity contribution in [2.45, 2.75) is 42.9 Å². The highest BCUT2D eigenvalue weighted by molar-refractivity contribution is 7.89. The minimum atomic E-state index is -4.56. The normalized spacial score (nSPS) is 18.8. The van der Waals surface area contributed by atoms with Crippen molar-refractivity contribution in [1.82, 2.24) is 24.6 Å². The molecule has 3 heterocycles. The van der Waals surface area contributed by atoms with Gasteiger partial charge in [-0.1, -0.05) is 0 Å². The summed E-state index contributed by atoms with van der Waals surface area (Å²) >= 11 is 0. The third kappa shape index (κ3) is 5.07. The van der Waals surface area contributed by atoms with Gasteiger partial charge in [0.15, 0.2) is 0 Å². The fourth-order valence-electron chi connectivity index (χ4n) is 4.01. The number of benzene rings is 1. The van der Waals surface area contributed by atoms with Gasteiger partial charge < -0.3 is 5.32 Å². The van der Waals surface area contributed by atoms with Gasteiger partial charge in [-0.25, -0.2) is 22.8 Å². The molecule has 1 saturated heterocycles. The lowest BCUT2D eigenvalue weighted by atomic mass is 9.99. The van der Waals surface area contributed by atoms with E-state index in [1.807, 2.05) is 0 Å². The minimum Gasteiger partial charge on any atom is -0.349 e. The molecular weight excluding hydrogens is 502 g/mol. The van der Waals surface area contributed by atoms with Crippen LogP contribution in [0.3, 0.4) is 0 Å². The lowest BCUT2D eigenvalue weighted by Crippen LogP contribution is -2.55. The van der Waals surface area contributed by atoms with Crippen molar-refractivity contribution >= 4 is 15.9 Å². The smallest absolute Gasteiger partial charge is 0.349 e. The molecule has 1 fully saturated rings. The van der Waals surface area contributed by atoms with E-state index in [2.05, 4.69) is 20.3 Å². The third-order valence-electron chi connectivity index (χ3n) is 5.97. The molecule has 1 aliphatic rings. The highest BCUT2D eigenvalue weighted by Gasteiger charge is 2.49. The van der Waals surface area contributed by atoms with Crippen LogP contribution < -0.4 is 5.32 Å². The van der Waals surface area contributed by atoms with Crippen LogP contribution >= 0.6 is 0 Å². The summed E-state index contributed by atoms with van der Waals surface area (Å²) in [6.07, 6.45) is -1.56. The Morgan fingerprint density at radius 1 is 1.14 bits per heavy atom. The summed E-state index contributed by atoms with van der Waals surface area (Å²) in [6.45, 7) is 1.58. The van der Waals surface area contributed by atoms with Gasteiger partial charge in [-0.3, -0.25) is 9.78 Å². The maximum absolute atomic E-state index is 13.3. The summed E-state index contributed by atoms with van der Waals surface area (Å²) in [7, 11) is -4.05. The molecule has 8 nitrogen and oxygen atoms in total. The first-order chi connectivity index (χ1) is 16.9. The topological polar surface area (TPSA) is 105 Å². The van der Waals surface area contributed by atoms with Crippen molar-refractivity contribution in [2.24, 2.45) is 0 Å². The fourth-order valence-corrected chi connectivity index (χ4v) is 5.82. The Morgan fingerprint density at radius 3 is 2.50 bits per heavy atom. The number of hydrogen-bond acceptors (Lipinski definition) is 6. The van der Waals surface area contributed by atoms with Crippen LogP contribution in [0.15, 0.2) is 59.9 Å². The Bertz CT molecular complexity index is 1370. The van der Waals surface area contributed by atoms with Gasteiger partial charge in [0, 0.05) is 19.7 Å². The molecule has 3 aromatic rings. The number of carbonyl (C=O) groups is 1. The molecule has 0 unspecified atom stereocenters. The van der Waals surface area contributed by atoms with Crippen LogP contribution in [0.2, 0.25) is 0 Å². The van der Waals surface area contributed by atoms with Crippen LogP contribution in [-0.2, 0) is 27.5 Å². The molecular formula is C23H23F4N5O3S. The zero-order valence-corrected chi connectivity index (χ0v) is 19.8. The maximum Gasteiger partial charge on any atom is 0.433 e. The second-order valence-corrected chi connectivity index (χ2v) is 10.3. The number of carbonyl (C=O) groups excluding carboxylic acids is 1. The number of hydrogen-bond donors (Lipinski definition) is 1. The molecule has 1 N–H and O–H groups in total. The molecule has 1 aliphatic heterocycles. The largest absolute Gasteiger partial charge is 0.433 e. The third-order valence-corrected chi connectivity index (χ3v) is 8.00. The van der Waals surface area contributed by atoms with Crippen molar-refractivity contribution in [3.63, 3.8) is 0 Å². The molecule has 192 valence electrons. The number of pyridine rings is 1. The zero-order valence-electron chi connectivity index (χ0n) is 19.0. The van der Waals surface area contributed by atoms with Gasteiger partial charge in [-0.15, -0.1) is 0 Å². The quantitative estimate of drug-likeness (QED) is 0.491. The molecule has 1 aromatic carbocycles. The molecule has 0 aliphatic carbocycles. The average molecular weight is 526 g/mol. The van der Waals surface area contributed by atoms with Crippen LogP contribution in [0.25, 0.3) is 11.3 Å². The van der Waals surface area contributed by atoms with Crippen molar-refractivity contribution in [2.75, 3.05) is 6.54 Å². The number of amides is 1. The molecule has 1 atom stereocenters. The molecule has 1 amide bonds. The van der Waals surface area contributed by atoms with Gasteiger partial charge in [0.2, 0.25) is 15.9 Å². The number of nitrogens with one attached hydrogen (secondary N) is 1. The minimum absolute atomic E-state index is 0. The van der Waals surface area contributed by atoms with E-state index in [0.29, 0.717) is 23.4 Å². The number of sulfonamides is 1. The van der Waals surface area contributed by atoms with Crippen molar-refractivity contribution < 1.29 is 32.2 Å². The monoisotopic (exact) mass is 525 g/mol. The van der Waals surface area contributed by atoms with E-state index >= 15 is 0 Å². The lowest BCUT2D eigenvalue weighted by Gasteiger charge is -2.33. The Balaban J connectivity index is 0.00000380. The van der Waals surface area contributed by atoms with Gasteiger partial charge in [0.25, 0.3) is 0 Å². The van der Waals surface area contributed by atoms with E-state index in [9.17, 15) is 30.8 Å². The first-order valence-corrected chi connectivity index (χ1v) is 12.3. The average Bonchev–Trinajstić information content (AvgIpc) is 3.26. The van der Waals surface area contributed by atoms with Crippen molar-refractivity contribution in [1.29, 1.82) is 0 Å². The van der Waals surface area contributed by atoms with Gasteiger partial charge in [-0.05, 0) is 62.2 Å². The fraction of sp³-hybridized carbons (Fsp3) is 0.304. The second-order valence-electron chi connectivity index (χ2n) is 8.42. The lowest BCUT2D eigenvalue weighted by molar-refractivity contribution is -0.141. The number of alkyl halides is 3. The molecule has 13 heteroatoms. The standard InChI is InChI=1S/C23H21F4N5O3S.H2/c1-22(9-2-10-32(22)36(34,35)18-6-4-16(24)5-7-18)21(33)29-13-17-11-19(31-14-30-17)15-3-8-20(28-12-15)23(25,26)27;/h3-8,11-12,14H,2,9-10,13H2,1H3,(H,29,33);1H/t22-;/m0./s1. The van der Waals surface area contributed by atoms with Crippen LogP contribution in [0.4, 0.5) is 17.6 Å². The SMILES string of the molecule is C[C@@]1(C(=O)NCc2cc(-c3ccc(C(F)(F)F)nc3)ncn2)CCCN1S(=O)(=O)c1ccc(F)cc1.[HH]. The Labute approximate surface area is 205 Å². The Morgan fingerprint density at radius 2 is 1.86 bits per heavy atom. The summed E-state index contributed by atoms with van der Waals surface area (Å²) in [6, 6.07) is 7.96. The van der Waals surface area contributed by atoms with Crippen molar-refractivity contribution in [3.05, 3.63) is 72.2 Å². The number of rotatable bonds is 6. The predicted octanol–water partition coefficient (Wildman–Crippen LogP) is 3.80. The van der Waals surface area contributed by atoms with Gasteiger partial charge in [0.05, 0.1) is 22.8 Å². The van der Waals surface area contributed by atoms with E-state index in [1.165, 1.54) is 25.4 Å². The summed E-state index contributed by atoms with van der Waals surface area (Å²) in [4.78, 5) is 24.5. The van der Waals surface area contributed by atoms with Crippen LogP contribution in [0.1, 0.15) is 32.6 Å². The van der Waals surface area contributed by atoms with E-state index in [1.54, 1.807) is 0 Å². The number of nitrogens with zero attached hydrogens (tertiary/aromatic N) is 4. The molecule has 0 radical (unpaired) electrons. The van der Waals surface area contributed by atoms with Crippen LogP contribution in [0.5, 0.6) is 0 Å². The summed E-state index contributed by atoms with van der Waals surface area (Å²) in [5, 5.41) is 2.69. The predicted molar refractivity (Wildman–Crippen MR) is 122 cm³/mol. The first kappa shape index (κ1) is 25.6. The Hall–Kier alpha value is -3.45. The number of aromatic nitrogens is 3. The van der Waals surface area contributed by atoms with E-state index < -0.39 is 39.2 Å². The van der Waals surface area contributed by atoms with Crippen LogP contribution in [0, 0.1) is 5.82 Å². The van der Waals surface area contributed by atoms with Crippen molar-refractivity contribution in [3.8, 4) is 11.3 Å². The zero-order chi connectivity index (χ0) is 26.1.